The van der Waals surface area contributed by atoms with Crippen molar-refractivity contribution in [2.45, 2.75) is 33.4 Å². The van der Waals surface area contributed by atoms with Gasteiger partial charge in [-0.1, -0.05) is 23.7 Å². The number of nitrogens with zero attached hydrogens (tertiary/aromatic N) is 2. The zero-order valence-corrected chi connectivity index (χ0v) is 19.9. The van der Waals surface area contributed by atoms with Gasteiger partial charge in [0.05, 0.1) is 11.6 Å². The molecule has 1 saturated heterocycles. The lowest BCUT2D eigenvalue weighted by Gasteiger charge is -2.39. The fourth-order valence-corrected chi connectivity index (χ4v) is 4.10. The molecule has 0 radical (unpaired) electrons. The van der Waals surface area contributed by atoms with Crippen LogP contribution in [-0.4, -0.2) is 53.9 Å². The van der Waals surface area contributed by atoms with Gasteiger partial charge in [-0.2, -0.15) is 0 Å². The number of halogens is 2. The Morgan fingerprint density at radius 2 is 1.97 bits per heavy atom. The van der Waals surface area contributed by atoms with E-state index in [-0.39, 0.29) is 23.7 Å². The third-order valence-electron chi connectivity index (χ3n) is 5.43. The predicted molar refractivity (Wildman–Crippen MR) is 129 cm³/mol. The van der Waals surface area contributed by atoms with E-state index >= 15 is 0 Å². The maximum atomic E-state index is 13.1. The van der Waals surface area contributed by atoms with Gasteiger partial charge in [-0.05, 0) is 49.8 Å². The normalized spacial score (nSPS) is 16.8. The van der Waals surface area contributed by atoms with Crippen molar-refractivity contribution in [3.63, 3.8) is 0 Å². The van der Waals surface area contributed by atoms with Crippen LogP contribution >= 0.6 is 11.6 Å². The molecule has 2 aromatic rings. The number of hydrogen-bond donors (Lipinski definition) is 1. The third-order valence-corrected chi connectivity index (χ3v) is 5.73. The summed E-state index contributed by atoms with van der Waals surface area (Å²) in [7, 11) is 0. The number of amides is 2. The quantitative estimate of drug-likeness (QED) is 0.598. The minimum atomic E-state index is -0.245. The second-order valence-electron chi connectivity index (χ2n) is 8.06. The van der Waals surface area contributed by atoms with Gasteiger partial charge < -0.3 is 15.0 Å². The zero-order chi connectivity index (χ0) is 24.0. The predicted octanol–water partition coefficient (Wildman–Crippen LogP) is 4.58. The number of carbonyl (C=O) groups is 2. The van der Waals surface area contributed by atoms with Crippen LogP contribution in [0.2, 0.25) is 5.02 Å². The molecule has 6 nitrogen and oxygen atoms in total. The second kappa shape index (κ2) is 11.3. The Morgan fingerprint density at radius 3 is 2.61 bits per heavy atom. The number of benzene rings is 2. The van der Waals surface area contributed by atoms with Gasteiger partial charge in [0.2, 0.25) is 11.8 Å². The van der Waals surface area contributed by atoms with Gasteiger partial charge in [-0.25, -0.2) is 4.39 Å². The standard InChI is InChI=1S/C25H29ClFN3O3/c1-4-33-24-13-20(23(14-22(24)26)28-18(3)31)7-10-25(32)30-12-11-29(15-17(30)2)16-19-5-8-21(27)9-6-19/h5-10,13-14,17H,4,11-12,15-16H2,1-3H3,(H,28,31)/t17-/m1/s1. The van der Waals surface area contributed by atoms with Crippen molar-refractivity contribution in [3.8, 4) is 5.75 Å². The van der Waals surface area contributed by atoms with Gasteiger partial charge in [-0.15, -0.1) is 0 Å². The molecule has 1 heterocycles. The molecular formula is C25H29ClFN3O3. The highest BCUT2D eigenvalue weighted by Gasteiger charge is 2.26. The minimum absolute atomic E-state index is 0.0235. The fraction of sp³-hybridized carbons (Fsp3) is 0.360. The molecule has 1 atom stereocenters. The van der Waals surface area contributed by atoms with Crippen LogP contribution in [0.3, 0.4) is 0 Å². The molecule has 33 heavy (non-hydrogen) atoms. The highest BCUT2D eigenvalue weighted by molar-refractivity contribution is 6.32. The number of nitrogens with one attached hydrogen (secondary N) is 1. The van der Waals surface area contributed by atoms with Crippen molar-refractivity contribution in [2.75, 3.05) is 31.6 Å². The summed E-state index contributed by atoms with van der Waals surface area (Å²) in [6, 6.07) is 9.86. The first-order valence-electron chi connectivity index (χ1n) is 11.0. The Hall–Kier alpha value is -2.90. The molecule has 3 rings (SSSR count). The van der Waals surface area contributed by atoms with E-state index < -0.39 is 0 Å². The molecule has 2 aromatic carbocycles. The van der Waals surface area contributed by atoms with E-state index in [4.69, 9.17) is 16.3 Å². The summed E-state index contributed by atoms with van der Waals surface area (Å²) in [5.41, 5.74) is 2.19. The lowest BCUT2D eigenvalue weighted by Crippen LogP contribution is -2.53. The van der Waals surface area contributed by atoms with Crippen LogP contribution in [0.25, 0.3) is 6.08 Å². The highest BCUT2D eigenvalue weighted by Crippen LogP contribution is 2.32. The Kier molecular flexibility index (Phi) is 8.47. The number of anilines is 1. The van der Waals surface area contributed by atoms with E-state index in [1.807, 2.05) is 18.7 Å². The first-order valence-corrected chi connectivity index (χ1v) is 11.3. The molecule has 1 fully saturated rings. The Labute approximate surface area is 199 Å². The van der Waals surface area contributed by atoms with Gasteiger partial charge >= 0.3 is 0 Å². The summed E-state index contributed by atoms with van der Waals surface area (Å²) >= 11 is 6.25. The molecule has 2 amide bonds. The monoisotopic (exact) mass is 473 g/mol. The molecule has 0 bridgehead atoms. The molecule has 0 unspecified atom stereocenters. The summed E-state index contributed by atoms with van der Waals surface area (Å²) in [6.07, 6.45) is 3.18. The van der Waals surface area contributed by atoms with E-state index in [2.05, 4.69) is 10.2 Å². The summed E-state index contributed by atoms with van der Waals surface area (Å²) in [5, 5.41) is 3.13. The second-order valence-corrected chi connectivity index (χ2v) is 8.47. The van der Waals surface area contributed by atoms with Gasteiger partial charge in [-0.3, -0.25) is 14.5 Å². The molecular weight excluding hydrogens is 445 g/mol. The number of ether oxygens (including phenoxy) is 1. The van der Waals surface area contributed by atoms with Crippen LogP contribution < -0.4 is 10.1 Å². The van der Waals surface area contributed by atoms with Gasteiger partial charge in [0.15, 0.2) is 0 Å². The molecule has 0 aromatic heterocycles. The van der Waals surface area contributed by atoms with E-state index in [0.29, 0.717) is 41.7 Å². The summed E-state index contributed by atoms with van der Waals surface area (Å²) in [5.74, 6) is -0.0964. The largest absolute Gasteiger partial charge is 0.492 e. The summed E-state index contributed by atoms with van der Waals surface area (Å²) in [6.45, 7) is 8.49. The zero-order valence-electron chi connectivity index (χ0n) is 19.1. The Bertz CT molecular complexity index is 1030. The van der Waals surface area contributed by atoms with Gasteiger partial charge in [0.1, 0.15) is 11.6 Å². The molecule has 0 saturated carbocycles. The van der Waals surface area contributed by atoms with Gasteiger partial charge in [0, 0.05) is 56.5 Å². The van der Waals surface area contributed by atoms with Crippen LogP contribution in [0.15, 0.2) is 42.5 Å². The van der Waals surface area contributed by atoms with E-state index in [0.717, 1.165) is 18.7 Å². The average Bonchev–Trinajstić information content (AvgIpc) is 2.76. The molecule has 0 aliphatic carbocycles. The van der Waals surface area contributed by atoms with Crippen LogP contribution in [0.4, 0.5) is 10.1 Å². The van der Waals surface area contributed by atoms with Crippen LogP contribution in [-0.2, 0) is 16.1 Å². The number of rotatable bonds is 7. The maximum absolute atomic E-state index is 13.1. The van der Waals surface area contributed by atoms with Crippen molar-refractivity contribution in [2.24, 2.45) is 0 Å². The topological polar surface area (TPSA) is 61.9 Å². The first kappa shape index (κ1) is 24.7. The smallest absolute Gasteiger partial charge is 0.246 e. The highest BCUT2D eigenvalue weighted by atomic mass is 35.5. The molecule has 176 valence electrons. The Morgan fingerprint density at radius 1 is 1.24 bits per heavy atom. The molecule has 0 spiro atoms. The minimum Gasteiger partial charge on any atom is -0.492 e. The van der Waals surface area contributed by atoms with Crippen molar-refractivity contribution in [1.82, 2.24) is 9.80 Å². The van der Waals surface area contributed by atoms with Crippen LogP contribution in [0, 0.1) is 5.82 Å². The van der Waals surface area contributed by atoms with Crippen LogP contribution in [0.5, 0.6) is 5.75 Å². The van der Waals surface area contributed by atoms with Crippen LogP contribution in [0.1, 0.15) is 31.9 Å². The molecule has 1 aliphatic heterocycles. The average molecular weight is 474 g/mol. The summed E-state index contributed by atoms with van der Waals surface area (Å²) < 4.78 is 18.7. The van der Waals surface area contributed by atoms with Crippen molar-refractivity contribution >= 4 is 35.2 Å². The lowest BCUT2D eigenvalue weighted by molar-refractivity contribution is -0.130. The van der Waals surface area contributed by atoms with Gasteiger partial charge in [0.25, 0.3) is 0 Å². The first-order chi connectivity index (χ1) is 15.8. The molecule has 8 heteroatoms. The van der Waals surface area contributed by atoms with E-state index in [1.165, 1.54) is 25.1 Å². The third kappa shape index (κ3) is 6.79. The molecule has 1 N–H and O–H groups in total. The lowest BCUT2D eigenvalue weighted by atomic mass is 10.1. The molecule has 1 aliphatic rings. The number of hydrogen-bond acceptors (Lipinski definition) is 4. The maximum Gasteiger partial charge on any atom is 0.246 e. The fourth-order valence-electron chi connectivity index (χ4n) is 3.88. The SMILES string of the molecule is CCOc1cc(C=CC(=O)N2CCN(Cc3ccc(F)cc3)C[C@H]2C)c(NC(C)=O)cc1Cl. The summed E-state index contributed by atoms with van der Waals surface area (Å²) in [4.78, 5) is 28.6. The Balaban J connectivity index is 1.68. The van der Waals surface area contributed by atoms with Crippen molar-refractivity contribution < 1.29 is 18.7 Å². The van der Waals surface area contributed by atoms with Crippen molar-refractivity contribution in [3.05, 3.63) is 64.4 Å². The number of carbonyl (C=O) groups excluding carboxylic acids is 2. The van der Waals surface area contributed by atoms with E-state index in [1.54, 1.807) is 30.3 Å². The number of piperazine rings is 1. The van der Waals surface area contributed by atoms with Crippen molar-refractivity contribution in [1.29, 1.82) is 0 Å². The van der Waals surface area contributed by atoms with E-state index in [9.17, 15) is 14.0 Å².